The van der Waals surface area contributed by atoms with Crippen molar-refractivity contribution in [3.05, 3.63) is 48.3 Å². The number of likely N-dealkylation sites (tertiary alicyclic amines) is 1. The van der Waals surface area contributed by atoms with Crippen LogP contribution >= 0.6 is 0 Å². The molecule has 38 heavy (non-hydrogen) atoms. The molecule has 2 aliphatic rings. The molecule has 1 aromatic carbocycles. The van der Waals surface area contributed by atoms with Crippen molar-refractivity contribution in [2.24, 2.45) is 5.92 Å². The molecule has 2 aliphatic heterocycles. The molecular weight excluding hydrogens is 512 g/mol. The predicted octanol–water partition coefficient (Wildman–Crippen LogP) is 4.52. The molecule has 0 N–H and O–H groups in total. The number of aromatic nitrogens is 2. The number of nitrogens with zero attached hydrogens (tertiary/aromatic N) is 3. The molecule has 4 heterocycles. The molecule has 2 atom stereocenters. The summed E-state index contributed by atoms with van der Waals surface area (Å²) in [5.74, 6) is 1.09. The van der Waals surface area contributed by atoms with E-state index in [1.54, 1.807) is 12.3 Å². The molecule has 0 aliphatic carbocycles. The lowest BCUT2D eigenvalue weighted by atomic mass is 9.99. The Morgan fingerprint density at radius 2 is 1.95 bits per heavy atom. The largest absolute Gasteiger partial charge is 0.488 e. The summed E-state index contributed by atoms with van der Waals surface area (Å²) in [7, 11) is -2.95. The van der Waals surface area contributed by atoms with Gasteiger partial charge in [-0.3, -0.25) is 14.0 Å². The summed E-state index contributed by atoms with van der Waals surface area (Å²) in [6.07, 6.45) is 6.46. The molecule has 2 aromatic heterocycles. The maximum atomic E-state index is 14.5. The molecule has 202 valence electrons. The quantitative estimate of drug-likeness (QED) is 0.426. The van der Waals surface area contributed by atoms with Gasteiger partial charge in [0.05, 0.1) is 17.6 Å². The third-order valence-electron chi connectivity index (χ3n) is 7.09. The van der Waals surface area contributed by atoms with Gasteiger partial charge in [0.15, 0.2) is 0 Å². The average molecular weight is 544 g/mol. The third kappa shape index (κ3) is 5.51. The topological polar surface area (TPSA) is 81.6 Å². The molecule has 5 rings (SSSR count). The monoisotopic (exact) mass is 543 g/mol. The zero-order chi connectivity index (χ0) is 27.1. The van der Waals surface area contributed by atoms with E-state index in [0.29, 0.717) is 54.1 Å². The van der Waals surface area contributed by atoms with E-state index in [4.69, 9.17) is 9.47 Å². The van der Waals surface area contributed by atoms with E-state index in [1.807, 2.05) is 23.1 Å². The summed E-state index contributed by atoms with van der Waals surface area (Å²) < 4.78 is 53.1. The molecule has 10 heteroatoms. The molecule has 2 fully saturated rings. The van der Waals surface area contributed by atoms with Crippen molar-refractivity contribution >= 4 is 32.2 Å². The number of carbonyl (C=O) groups is 1. The van der Waals surface area contributed by atoms with Crippen LogP contribution in [0.3, 0.4) is 0 Å². The van der Waals surface area contributed by atoms with Crippen molar-refractivity contribution < 1.29 is 27.3 Å². The SMILES string of the molecule is C=S(C)(=O)c1ncc(-c2ccnc3ccc(OC4CCN(C(=O)C5CCOCC5)C4)cc23)cc1C(C)(F)F. The van der Waals surface area contributed by atoms with E-state index in [2.05, 4.69) is 15.8 Å². The molecule has 0 spiro atoms. The van der Waals surface area contributed by atoms with E-state index in [1.165, 1.54) is 18.5 Å². The van der Waals surface area contributed by atoms with Gasteiger partial charge in [-0.05, 0) is 54.6 Å². The van der Waals surface area contributed by atoms with Crippen molar-refractivity contribution in [3.63, 3.8) is 0 Å². The molecule has 0 bridgehead atoms. The standard InChI is InChI=1S/C28H31F2N3O4S/c1-28(29,30)24-14-19(16-32-26(24)38(2,3)35)22-6-10-31-25-5-4-20(15-23(22)25)37-21-7-11-33(17-21)27(34)18-8-12-36-13-9-18/h4-6,10,14-16,18,21H,2,7-9,11-13,17H2,1,3H3. The lowest BCUT2D eigenvalue weighted by Crippen LogP contribution is -2.38. The van der Waals surface area contributed by atoms with Gasteiger partial charge in [0, 0.05) is 78.1 Å². The molecule has 2 unspecified atom stereocenters. The number of halogens is 2. The van der Waals surface area contributed by atoms with Gasteiger partial charge in [0.25, 0.3) is 5.92 Å². The fraction of sp³-hybridized carbons (Fsp3) is 0.429. The lowest BCUT2D eigenvalue weighted by molar-refractivity contribution is -0.137. The van der Waals surface area contributed by atoms with Crippen molar-refractivity contribution in [2.75, 3.05) is 32.6 Å². The van der Waals surface area contributed by atoms with Gasteiger partial charge in [-0.2, -0.15) is 0 Å². The predicted molar refractivity (Wildman–Crippen MR) is 143 cm³/mol. The Morgan fingerprint density at radius 3 is 2.66 bits per heavy atom. The van der Waals surface area contributed by atoms with Gasteiger partial charge in [-0.15, -0.1) is 0 Å². The van der Waals surface area contributed by atoms with Crippen LogP contribution in [0.25, 0.3) is 22.0 Å². The highest BCUT2D eigenvalue weighted by atomic mass is 32.2. The number of ether oxygens (including phenoxy) is 2. The Kier molecular flexibility index (Phi) is 7.13. The Hall–Kier alpha value is -3.11. The van der Waals surface area contributed by atoms with Gasteiger partial charge in [0.1, 0.15) is 16.9 Å². The number of amides is 1. The second kappa shape index (κ2) is 10.2. The van der Waals surface area contributed by atoms with Crippen molar-refractivity contribution in [3.8, 4) is 16.9 Å². The van der Waals surface area contributed by atoms with Crippen molar-refractivity contribution in [1.82, 2.24) is 14.9 Å². The Morgan fingerprint density at radius 1 is 1.18 bits per heavy atom. The van der Waals surface area contributed by atoms with Crippen LogP contribution in [0.2, 0.25) is 0 Å². The smallest absolute Gasteiger partial charge is 0.273 e. The van der Waals surface area contributed by atoms with E-state index >= 15 is 0 Å². The molecule has 0 saturated carbocycles. The van der Waals surface area contributed by atoms with E-state index in [-0.39, 0.29) is 23.0 Å². The first-order valence-electron chi connectivity index (χ1n) is 12.6. The Balaban J connectivity index is 1.41. The summed E-state index contributed by atoms with van der Waals surface area (Å²) in [6, 6.07) is 8.54. The molecule has 0 radical (unpaired) electrons. The van der Waals surface area contributed by atoms with Gasteiger partial charge in [-0.1, -0.05) is 0 Å². The van der Waals surface area contributed by atoms with Gasteiger partial charge < -0.3 is 14.4 Å². The van der Waals surface area contributed by atoms with Crippen LogP contribution < -0.4 is 4.74 Å². The number of benzene rings is 1. The maximum Gasteiger partial charge on any atom is 0.273 e. The second-order valence-electron chi connectivity index (χ2n) is 10.2. The highest BCUT2D eigenvalue weighted by Gasteiger charge is 2.33. The minimum absolute atomic E-state index is 0.0155. The minimum Gasteiger partial charge on any atom is -0.488 e. The van der Waals surface area contributed by atoms with Crippen LogP contribution in [-0.2, 0) is 25.0 Å². The first kappa shape index (κ1) is 26.5. The summed E-state index contributed by atoms with van der Waals surface area (Å²) in [4.78, 5) is 23.3. The zero-order valence-corrected chi connectivity index (χ0v) is 22.3. The number of pyridine rings is 2. The summed E-state index contributed by atoms with van der Waals surface area (Å²) in [5, 5.41) is 0.516. The van der Waals surface area contributed by atoms with Gasteiger partial charge in [-0.25, -0.2) is 13.8 Å². The number of alkyl halides is 2. The number of hydrogen-bond donors (Lipinski definition) is 0. The Bertz CT molecular complexity index is 1470. The summed E-state index contributed by atoms with van der Waals surface area (Å²) in [5.41, 5.74) is 1.37. The van der Waals surface area contributed by atoms with Gasteiger partial charge >= 0.3 is 0 Å². The van der Waals surface area contributed by atoms with Crippen LogP contribution in [0.4, 0.5) is 8.78 Å². The fourth-order valence-electron chi connectivity index (χ4n) is 5.13. The van der Waals surface area contributed by atoms with Crippen LogP contribution in [0.15, 0.2) is 47.8 Å². The van der Waals surface area contributed by atoms with Crippen molar-refractivity contribution in [2.45, 2.75) is 43.2 Å². The van der Waals surface area contributed by atoms with E-state index < -0.39 is 21.0 Å². The molecule has 2 saturated heterocycles. The summed E-state index contributed by atoms with van der Waals surface area (Å²) >= 11 is 0. The van der Waals surface area contributed by atoms with E-state index in [0.717, 1.165) is 26.2 Å². The van der Waals surface area contributed by atoms with Crippen molar-refractivity contribution in [1.29, 1.82) is 0 Å². The molecular formula is C28H31F2N3O4S. The number of fused-ring (bicyclic) bond motifs is 1. The van der Waals surface area contributed by atoms with Crippen LogP contribution in [0.5, 0.6) is 5.75 Å². The number of carbonyl (C=O) groups excluding carboxylic acids is 1. The molecule has 3 aromatic rings. The number of hydrogen-bond acceptors (Lipinski definition) is 6. The van der Waals surface area contributed by atoms with Crippen LogP contribution in [0, 0.1) is 5.92 Å². The average Bonchev–Trinajstić information content (AvgIpc) is 3.35. The van der Waals surface area contributed by atoms with Crippen LogP contribution in [0.1, 0.15) is 31.7 Å². The number of rotatable bonds is 6. The van der Waals surface area contributed by atoms with Crippen LogP contribution in [-0.4, -0.2) is 69.5 Å². The Labute approximate surface area is 221 Å². The second-order valence-corrected chi connectivity index (χ2v) is 12.6. The maximum absolute atomic E-state index is 14.5. The molecule has 1 amide bonds. The highest BCUT2D eigenvalue weighted by Crippen LogP contribution is 2.37. The summed E-state index contributed by atoms with van der Waals surface area (Å²) in [6.45, 7) is 3.19. The van der Waals surface area contributed by atoms with Gasteiger partial charge in [0.2, 0.25) is 5.91 Å². The fourth-order valence-corrected chi connectivity index (χ4v) is 6.11. The van der Waals surface area contributed by atoms with E-state index in [9.17, 15) is 17.8 Å². The highest BCUT2D eigenvalue weighted by molar-refractivity contribution is 7.99. The lowest BCUT2D eigenvalue weighted by Gasteiger charge is -2.26. The third-order valence-corrected chi connectivity index (χ3v) is 8.23. The molecule has 7 nitrogen and oxygen atoms in total. The normalized spacial score (nSPS) is 20.4. The first-order chi connectivity index (χ1) is 18.0. The zero-order valence-electron chi connectivity index (χ0n) is 21.5. The first-order valence-corrected chi connectivity index (χ1v) is 14.8. The minimum atomic E-state index is -3.25.